The summed E-state index contributed by atoms with van der Waals surface area (Å²) in [4.78, 5) is 10.2. The average molecular weight is 216 g/mol. The van der Waals surface area contributed by atoms with Gasteiger partial charge in [-0.25, -0.2) is 4.79 Å². The molecule has 0 amide bonds. The number of fused-ring (bicyclic) bond motifs is 1. The Morgan fingerprint density at radius 3 is 3.06 bits per heavy atom. The quantitative estimate of drug-likeness (QED) is 0.592. The number of carboxylic acids is 1. The Balaban J connectivity index is 2.34. The Kier molecular flexibility index (Phi) is 2.73. The zero-order valence-corrected chi connectivity index (χ0v) is 8.16. The minimum atomic E-state index is -1.12. The number of carbonyl (C=O) groups is 1. The number of rotatable bonds is 3. The third kappa shape index (κ3) is 2.11. The molecule has 6 nitrogen and oxygen atoms in total. The number of aliphatic carboxylic acids is 1. The summed E-state index contributed by atoms with van der Waals surface area (Å²) in [7, 11) is 0. The number of hydrogen-bond donors (Lipinski definition) is 2. The highest BCUT2D eigenvalue weighted by Crippen LogP contribution is 2.18. The number of anilines is 1. The number of nitrogens with one attached hydrogen (secondary N) is 1. The maximum absolute atomic E-state index is 10.2. The monoisotopic (exact) mass is 216 g/mol. The van der Waals surface area contributed by atoms with E-state index in [2.05, 4.69) is 20.7 Å². The summed E-state index contributed by atoms with van der Waals surface area (Å²) < 4.78 is 0. The van der Waals surface area contributed by atoms with Crippen LogP contribution in [-0.2, 0) is 4.79 Å². The second kappa shape index (κ2) is 4.35. The molecule has 2 N–H and O–H groups in total. The predicted octanol–water partition coefficient (Wildman–Crippen LogP) is 1.11. The van der Waals surface area contributed by atoms with Crippen molar-refractivity contribution in [2.75, 3.05) is 5.43 Å². The molecule has 0 saturated carbocycles. The fourth-order valence-corrected chi connectivity index (χ4v) is 1.26. The summed E-state index contributed by atoms with van der Waals surface area (Å²) in [5, 5.41) is 21.2. The molecular weight excluding hydrogens is 208 g/mol. The molecule has 1 aromatic carbocycles. The summed E-state index contributed by atoms with van der Waals surface area (Å²) >= 11 is 0. The fourth-order valence-electron chi connectivity index (χ4n) is 1.26. The highest BCUT2D eigenvalue weighted by molar-refractivity contribution is 6.22. The van der Waals surface area contributed by atoms with Gasteiger partial charge in [-0.15, -0.1) is 5.10 Å². The van der Waals surface area contributed by atoms with Gasteiger partial charge in [-0.1, -0.05) is 24.3 Å². The maximum atomic E-state index is 10.2. The van der Waals surface area contributed by atoms with Gasteiger partial charge in [0, 0.05) is 10.8 Å². The number of nitrogens with zero attached hydrogens (tertiary/aromatic N) is 3. The molecule has 0 unspecified atom stereocenters. The van der Waals surface area contributed by atoms with E-state index < -0.39 is 5.97 Å². The second-order valence-electron chi connectivity index (χ2n) is 2.99. The van der Waals surface area contributed by atoms with Crippen LogP contribution in [-0.4, -0.2) is 27.5 Å². The topological polar surface area (TPSA) is 87.5 Å². The Labute approximate surface area is 90.6 Å². The van der Waals surface area contributed by atoms with Gasteiger partial charge < -0.3 is 5.11 Å². The van der Waals surface area contributed by atoms with Crippen LogP contribution >= 0.6 is 0 Å². The first-order valence-corrected chi connectivity index (χ1v) is 4.50. The molecule has 1 aromatic heterocycles. The number of carboxylic acid groups (broad SMARTS) is 1. The van der Waals surface area contributed by atoms with Crippen molar-refractivity contribution in [3.63, 3.8) is 0 Å². The molecule has 16 heavy (non-hydrogen) atoms. The van der Waals surface area contributed by atoms with Crippen LogP contribution in [0.15, 0.2) is 35.6 Å². The lowest BCUT2D eigenvalue weighted by Crippen LogP contribution is -2.00. The van der Waals surface area contributed by atoms with Gasteiger partial charge in [0.1, 0.15) is 6.21 Å². The van der Waals surface area contributed by atoms with Crippen LogP contribution in [0.2, 0.25) is 0 Å². The van der Waals surface area contributed by atoms with Gasteiger partial charge in [-0.2, -0.15) is 10.2 Å². The summed E-state index contributed by atoms with van der Waals surface area (Å²) in [5.41, 5.74) is 2.53. The third-order valence-electron chi connectivity index (χ3n) is 1.92. The van der Waals surface area contributed by atoms with E-state index in [1.54, 1.807) is 6.20 Å². The van der Waals surface area contributed by atoms with E-state index in [9.17, 15) is 4.79 Å². The normalized spacial score (nSPS) is 10.8. The largest absolute Gasteiger partial charge is 0.477 e. The number of benzene rings is 1. The Hall–Kier alpha value is -2.50. The molecule has 0 bridgehead atoms. The summed E-state index contributed by atoms with van der Waals surface area (Å²) in [6.07, 6.45) is 2.38. The Morgan fingerprint density at radius 2 is 2.25 bits per heavy atom. The third-order valence-corrected chi connectivity index (χ3v) is 1.92. The van der Waals surface area contributed by atoms with Crippen molar-refractivity contribution in [2.45, 2.75) is 0 Å². The van der Waals surface area contributed by atoms with Gasteiger partial charge in [0.05, 0.1) is 6.20 Å². The molecule has 1 heterocycles. The van der Waals surface area contributed by atoms with Gasteiger partial charge in [0.15, 0.2) is 5.82 Å². The van der Waals surface area contributed by atoms with E-state index in [4.69, 9.17) is 5.11 Å². The number of hydrazone groups is 1. The van der Waals surface area contributed by atoms with E-state index in [0.717, 1.165) is 17.0 Å². The van der Waals surface area contributed by atoms with Crippen molar-refractivity contribution < 1.29 is 9.90 Å². The minimum Gasteiger partial charge on any atom is -0.477 e. The van der Waals surface area contributed by atoms with Crippen LogP contribution in [0.5, 0.6) is 0 Å². The summed E-state index contributed by atoms with van der Waals surface area (Å²) in [5.74, 6) is -0.698. The van der Waals surface area contributed by atoms with Gasteiger partial charge in [0.25, 0.3) is 0 Å². The van der Waals surface area contributed by atoms with E-state index in [0.29, 0.717) is 5.82 Å². The molecule has 0 radical (unpaired) electrons. The molecule has 0 aliphatic carbocycles. The Bertz CT molecular complexity index is 548. The van der Waals surface area contributed by atoms with Gasteiger partial charge in [-0.3, -0.25) is 5.43 Å². The Morgan fingerprint density at radius 1 is 1.44 bits per heavy atom. The molecule has 0 atom stereocenters. The zero-order chi connectivity index (χ0) is 11.4. The highest BCUT2D eigenvalue weighted by atomic mass is 16.4. The second-order valence-corrected chi connectivity index (χ2v) is 2.99. The molecule has 6 heteroatoms. The van der Waals surface area contributed by atoms with Gasteiger partial charge in [-0.05, 0) is 0 Å². The maximum Gasteiger partial charge on any atom is 0.348 e. The van der Waals surface area contributed by atoms with Crippen molar-refractivity contribution in [2.24, 2.45) is 5.10 Å². The summed E-state index contributed by atoms with van der Waals surface area (Å²) in [6, 6.07) is 7.48. The molecule has 0 saturated heterocycles. The smallest absolute Gasteiger partial charge is 0.348 e. The van der Waals surface area contributed by atoms with Crippen LogP contribution in [0.1, 0.15) is 0 Å². The number of aromatic nitrogens is 2. The van der Waals surface area contributed by atoms with Crippen LogP contribution in [0.4, 0.5) is 5.82 Å². The van der Waals surface area contributed by atoms with Crippen molar-refractivity contribution in [3.05, 3.63) is 30.5 Å². The van der Waals surface area contributed by atoms with Gasteiger partial charge >= 0.3 is 5.97 Å². The molecule has 0 fully saturated rings. The van der Waals surface area contributed by atoms with Crippen molar-refractivity contribution in [1.82, 2.24) is 10.2 Å². The highest BCUT2D eigenvalue weighted by Gasteiger charge is 2.00. The first kappa shape index (κ1) is 10.0. The first-order valence-electron chi connectivity index (χ1n) is 4.50. The van der Waals surface area contributed by atoms with E-state index >= 15 is 0 Å². The van der Waals surface area contributed by atoms with Crippen LogP contribution < -0.4 is 5.43 Å². The molecule has 80 valence electrons. The van der Waals surface area contributed by atoms with E-state index in [1.165, 1.54) is 0 Å². The minimum absolute atomic E-state index is 0.426. The number of hydrogen-bond acceptors (Lipinski definition) is 5. The van der Waals surface area contributed by atoms with E-state index in [1.807, 2.05) is 24.3 Å². The van der Waals surface area contributed by atoms with Crippen LogP contribution in [0.3, 0.4) is 0 Å². The average Bonchev–Trinajstić information content (AvgIpc) is 2.29. The van der Waals surface area contributed by atoms with Crippen molar-refractivity contribution in [1.29, 1.82) is 0 Å². The zero-order valence-electron chi connectivity index (χ0n) is 8.16. The molecule has 2 rings (SSSR count). The van der Waals surface area contributed by atoms with Crippen molar-refractivity contribution >= 4 is 28.8 Å². The first-order chi connectivity index (χ1) is 7.77. The lowest BCUT2D eigenvalue weighted by molar-refractivity contribution is -0.128. The van der Waals surface area contributed by atoms with E-state index in [-0.39, 0.29) is 0 Å². The van der Waals surface area contributed by atoms with Gasteiger partial charge in [0.2, 0.25) is 0 Å². The molecular formula is C10H8N4O2. The van der Waals surface area contributed by atoms with Crippen molar-refractivity contribution in [3.8, 4) is 0 Å². The lowest BCUT2D eigenvalue weighted by atomic mass is 10.2. The van der Waals surface area contributed by atoms with Crippen LogP contribution in [0.25, 0.3) is 10.8 Å². The molecule has 0 spiro atoms. The molecule has 2 aromatic rings. The molecule has 0 aliphatic rings. The predicted molar refractivity (Wildman–Crippen MR) is 59.3 cm³/mol. The lowest BCUT2D eigenvalue weighted by Gasteiger charge is -2.01. The SMILES string of the molecule is O=C(O)C=NNc1nncc2ccccc12. The fraction of sp³-hybridized carbons (Fsp3) is 0. The molecule has 0 aliphatic heterocycles. The summed E-state index contributed by atoms with van der Waals surface area (Å²) in [6.45, 7) is 0. The van der Waals surface area contributed by atoms with Crippen LogP contribution in [0, 0.1) is 0 Å². The standard InChI is InChI=1S/C10H8N4O2/c15-9(16)6-12-14-10-8-4-2-1-3-7(8)5-11-13-10/h1-6H,(H,13,14)(H,15,16).